The van der Waals surface area contributed by atoms with E-state index >= 15 is 8.78 Å². The number of nitrogens with one attached hydrogen (secondary N) is 1. The predicted molar refractivity (Wildman–Crippen MR) is 156 cm³/mol. The number of fused-ring (bicyclic) bond motifs is 3. The van der Waals surface area contributed by atoms with Crippen LogP contribution >= 0.6 is 12.2 Å². The van der Waals surface area contributed by atoms with E-state index in [0.717, 1.165) is 35.4 Å². The number of thiocarbonyl (C=S) groups is 1. The van der Waals surface area contributed by atoms with Crippen LogP contribution in [0.15, 0.2) is 42.6 Å². The number of nitrogens with zero attached hydrogens (tertiary/aromatic N) is 4. The zero-order valence-electron chi connectivity index (χ0n) is 22.9. The maximum atomic E-state index is 15.7. The fraction of sp³-hybridized carbons (Fsp3) is 0.310. The second-order valence-electron chi connectivity index (χ2n) is 9.74. The predicted octanol–water partition coefficient (Wildman–Crippen LogP) is 5.14. The van der Waals surface area contributed by atoms with Crippen molar-refractivity contribution in [3.63, 3.8) is 0 Å². The molecule has 2 aliphatic rings. The minimum Gasteiger partial charge on any atom is -0.497 e. The Labute approximate surface area is 241 Å². The standard InChI is InChI=1S/C29H29F2N5O4S/c1-37-20-6-4-19(5-7-20)36-26-17(14-32-28-21(26)12-18(33-28)16-34-8-10-40-11-9-34)15-35(29(36)41)27-24(30)22(38-2)13-23(39-3)25(27)31/h4-7,12-14H,8-11,15-16H2,1-3H3,(H,32,33). The number of hydrogen-bond donors (Lipinski definition) is 1. The van der Waals surface area contributed by atoms with Crippen LogP contribution in [0.1, 0.15) is 11.3 Å². The number of methoxy groups -OCH3 is 3. The molecule has 2 aromatic heterocycles. The van der Waals surface area contributed by atoms with Gasteiger partial charge in [-0.3, -0.25) is 9.80 Å². The Morgan fingerprint density at radius 3 is 2.27 bits per heavy atom. The number of ether oxygens (including phenoxy) is 4. The van der Waals surface area contributed by atoms with Gasteiger partial charge in [-0.25, -0.2) is 13.8 Å². The summed E-state index contributed by atoms with van der Waals surface area (Å²) in [6, 6.07) is 10.6. The summed E-state index contributed by atoms with van der Waals surface area (Å²) in [5.41, 5.74) is 3.56. The summed E-state index contributed by atoms with van der Waals surface area (Å²) in [6.07, 6.45) is 1.71. The van der Waals surface area contributed by atoms with Crippen molar-refractivity contribution in [2.75, 3.05) is 57.4 Å². The number of anilines is 3. The van der Waals surface area contributed by atoms with E-state index in [-0.39, 0.29) is 28.8 Å². The topological polar surface area (TPSA) is 75.3 Å². The Balaban J connectivity index is 1.51. The maximum Gasteiger partial charge on any atom is 0.192 e. The van der Waals surface area contributed by atoms with E-state index in [1.165, 1.54) is 25.2 Å². The third kappa shape index (κ3) is 4.81. The normalized spacial score (nSPS) is 15.8. The van der Waals surface area contributed by atoms with Gasteiger partial charge in [0.2, 0.25) is 0 Å². The van der Waals surface area contributed by atoms with Crippen LogP contribution in [0, 0.1) is 11.6 Å². The van der Waals surface area contributed by atoms with E-state index in [9.17, 15) is 0 Å². The summed E-state index contributed by atoms with van der Waals surface area (Å²) in [7, 11) is 4.21. The van der Waals surface area contributed by atoms with Crippen molar-refractivity contribution in [1.29, 1.82) is 0 Å². The van der Waals surface area contributed by atoms with E-state index in [4.69, 9.17) is 31.2 Å². The van der Waals surface area contributed by atoms with Gasteiger partial charge in [0.1, 0.15) is 17.1 Å². The summed E-state index contributed by atoms with van der Waals surface area (Å²) in [5, 5.41) is 1.03. The molecule has 1 N–H and O–H groups in total. The van der Waals surface area contributed by atoms with Crippen LogP contribution in [-0.4, -0.2) is 67.6 Å². The van der Waals surface area contributed by atoms with E-state index in [1.54, 1.807) is 13.3 Å². The third-order valence-electron chi connectivity index (χ3n) is 7.38. The summed E-state index contributed by atoms with van der Waals surface area (Å²) < 4.78 is 52.6. The van der Waals surface area contributed by atoms with Crippen molar-refractivity contribution in [1.82, 2.24) is 14.9 Å². The fourth-order valence-corrected chi connectivity index (χ4v) is 5.68. The Kier molecular flexibility index (Phi) is 7.37. The minimum absolute atomic E-state index is 0.0813. The smallest absolute Gasteiger partial charge is 0.192 e. The molecule has 4 heterocycles. The summed E-state index contributed by atoms with van der Waals surface area (Å²) >= 11 is 5.98. The molecule has 41 heavy (non-hydrogen) atoms. The third-order valence-corrected chi connectivity index (χ3v) is 7.79. The number of halogens is 2. The lowest BCUT2D eigenvalue weighted by Gasteiger charge is -2.40. The van der Waals surface area contributed by atoms with E-state index < -0.39 is 11.6 Å². The molecule has 0 unspecified atom stereocenters. The number of benzene rings is 2. The molecule has 0 radical (unpaired) electrons. The van der Waals surface area contributed by atoms with Crippen LogP contribution in [0.2, 0.25) is 0 Å². The molecule has 1 saturated heterocycles. The number of aromatic nitrogens is 2. The van der Waals surface area contributed by atoms with Gasteiger partial charge in [-0.15, -0.1) is 0 Å². The Hall–Kier alpha value is -4.00. The average molecular weight is 582 g/mol. The molecule has 0 aliphatic carbocycles. The molecule has 12 heteroatoms. The molecule has 0 amide bonds. The quantitative estimate of drug-likeness (QED) is 0.299. The first kappa shape index (κ1) is 27.2. The highest BCUT2D eigenvalue weighted by Crippen LogP contribution is 2.45. The molecule has 6 rings (SSSR count). The average Bonchev–Trinajstić information content (AvgIpc) is 3.41. The summed E-state index contributed by atoms with van der Waals surface area (Å²) in [4.78, 5) is 13.7. The monoisotopic (exact) mass is 581 g/mol. The van der Waals surface area contributed by atoms with Crippen molar-refractivity contribution < 1.29 is 27.7 Å². The molecule has 0 saturated carbocycles. The largest absolute Gasteiger partial charge is 0.497 e. The minimum atomic E-state index is -0.880. The van der Waals surface area contributed by atoms with Gasteiger partial charge in [0.25, 0.3) is 0 Å². The van der Waals surface area contributed by atoms with Gasteiger partial charge in [0, 0.05) is 54.2 Å². The number of hydrogen-bond acceptors (Lipinski definition) is 7. The van der Waals surface area contributed by atoms with Gasteiger partial charge in [-0.2, -0.15) is 0 Å². The van der Waals surface area contributed by atoms with Crippen LogP contribution in [0.25, 0.3) is 11.0 Å². The van der Waals surface area contributed by atoms with E-state index in [2.05, 4.69) is 20.9 Å². The summed E-state index contributed by atoms with van der Waals surface area (Å²) in [5.74, 6) is -1.41. The highest BCUT2D eigenvalue weighted by atomic mass is 32.1. The zero-order chi connectivity index (χ0) is 28.7. The lowest BCUT2D eigenvalue weighted by molar-refractivity contribution is 0.0337. The second kappa shape index (κ2) is 11.1. The number of rotatable bonds is 7. The SMILES string of the molecule is COc1ccc(N2C(=S)N(c3c(F)c(OC)cc(OC)c3F)Cc3cnc4[nH]c(CN5CCOCC5)cc4c32)cc1. The molecule has 4 aromatic rings. The fourth-order valence-electron chi connectivity index (χ4n) is 5.33. The molecule has 1 fully saturated rings. The lowest BCUT2D eigenvalue weighted by Crippen LogP contribution is -2.45. The van der Waals surface area contributed by atoms with E-state index in [1.807, 2.05) is 29.2 Å². The Morgan fingerprint density at radius 2 is 1.63 bits per heavy atom. The van der Waals surface area contributed by atoms with Crippen molar-refractivity contribution in [3.8, 4) is 17.2 Å². The Bertz CT molecular complexity index is 1580. The highest BCUT2D eigenvalue weighted by Gasteiger charge is 2.36. The van der Waals surface area contributed by atoms with Gasteiger partial charge in [-0.1, -0.05) is 0 Å². The first-order chi connectivity index (χ1) is 19.9. The van der Waals surface area contributed by atoms with Crippen molar-refractivity contribution in [2.45, 2.75) is 13.1 Å². The van der Waals surface area contributed by atoms with Gasteiger partial charge >= 0.3 is 0 Å². The lowest BCUT2D eigenvalue weighted by atomic mass is 10.1. The first-order valence-electron chi connectivity index (χ1n) is 13.1. The first-order valence-corrected chi connectivity index (χ1v) is 13.5. The maximum absolute atomic E-state index is 15.7. The molecular weight excluding hydrogens is 552 g/mol. The number of morpholine rings is 1. The highest BCUT2D eigenvalue weighted by molar-refractivity contribution is 7.80. The van der Waals surface area contributed by atoms with Crippen LogP contribution in [0.5, 0.6) is 17.2 Å². The van der Waals surface area contributed by atoms with Gasteiger partial charge in [0.15, 0.2) is 28.2 Å². The Morgan fingerprint density at radius 1 is 0.951 bits per heavy atom. The molecule has 0 spiro atoms. The van der Waals surface area contributed by atoms with Crippen LogP contribution in [-0.2, 0) is 17.8 Å². The van der Waals surface area contributed by atoms with Crippen molar-refractivity contribution >= 4 is 45.4 Å². The van der Waals surface area contributed by atoms with Crippen LogP contribution < -0.4 is 24.0 Å². The molecule has 0 atom stereocenters. The summed E-state index contributed by atoms with van der Waals surface area (Å²) in [6.45, 7) is 3.89. The van der Waals surface area contributed by atoms with Crippen LogP contribution in [0.4, 0.5) is 25.8 Å². The second-order valence-corrected chi connectivity index (χ2v) is 10.1. The van der Waals surface area contributed by atoms with Gasteiger partial charge in [0.05, 0.1) is 46.8 Å². The number of aromatic amines is 1. The van der Waals surface area contributed by atoms with Gasteiger partial charge < -0.3 is 28.8 Å². The molecule has 0 bridgehead atoms. The molecule has 9 nitrogen and oxygen atoms in total. The van der Waals surface area contributed by atoms with Crippen molar-refractivity contribution in [2.24, 2.45) is 0 Å². The zero-order valence-corrected chi connectivity index (χ0v) is 23.7. The number of H-pyrrole nitrogens is 1. The molecule has 2 aliphatic heterocycles. The van der Waals surface area contributed by atoms with Crippen molar-refractivity contribution in [3.05, 3.63) is 65.5 Å². The van der Waals surface area contributed by atoms with E-state index in [0.29, 0.717) is 36.8 Å². The molecular formula is C29H29F2N5O4S. The number of pyridine rings is 1. The molecule has 2 aromatic carbocycles. The van der Waals surface area contributed by atoms with Crippen LogP contribution in [0.3, 0.4) is 0 Å². The molecule has 214 valence electrons. The van der Waals surface area contributed by atoms with Gasteiger partial charge in [-0.05, 0) is 42.5 Å².